The number of unbranched alkanes of at least 4 members (excludes halogenated alkanes) is 9. The first-order valence-corrected chi connectivity index (χ1v) is 9.35. The van der Waals surface area contributed by atoms with Crippen molar-refractivity contribution in [2.75, 3.05) is 0 Å². The van der Waals surface area contributed by atoms with Crippen LogP contribution >= 0.6 is 0 Å². The van der Waals surface area contributed by atoms with Crippen LogP contribution in [0, 0.1) is 5.92 Å². The van der Waals surface area contributed by atoms with Gasteiger partial charge in [0.1, 0.15) is 0 Å². The van der Waals surface area contributed by atoms with E-state index in [1.807, 2.05) is 0 Å². The minimum atomic E-state index is 1.04. The lowest BCUT2D eigenvalue weighted by molar-refractivity contribution is 0.372. The van der Waals surface area contributed by atoms with Gasteiger partial charge >= 0.3 is 0 Å². The topological polar surface area (TPSA) is 0 Å². The normalized spacial score (nSPS) is 12.8. The average Bonchev–Trinajstić information content (AvgIpc) is 2.43. The Morgan fingerprint density at radius 3 is 1.32 bits per heavy atom. The Bertz CT molecular complexity index is 150. The summed E-state index contributed by atoms with van der Waals surface area (Å²) >= 11 is 0. The highest BCUT2D eigenvalue weighted by atomic mass is 14.1. The van der Waals surface area contributed by atoms with Gasteiger partial charge in [0.15, 0.2) is 0 Å². The van der Waals surface area contributed by atoms with Crippen molar-refractivity contribution < 1.29 is 0 Å². The van der Waals surface area contributed by atoms with E-state index in [1.165, 1.54) is 96.3 Å². The third kappa shape index (κ3) is 14.2. The molecule has 0 spiro atoms. The standard InChI is InChI=1S/C19H40/c1-4-7-10-12-13-15-18-19(16-9-6-3)17-14-11-8-5-2/h19H,4-18H2,1-3H3. The van der Waals surface area contributed by atoms with E-state index in [1.54, 1.807) is 0 Å². The van der Waals surface area contributed by atoms with Crippen molar-refractivity contribution in [1.82, 2.24) is 0 Å². The summed E-state index contributed by atoms with van der Waals surface area (Å²) in [5.41, 5.74) is 0. The van der Waals surface area contributed by atoms with Gasteiger partial charge in [-0.15, -0.1) is 0 Å². The van der Waals surface area contributed by atoms with Crippen molar-refractivity contribution in [2.24, 2.45) is 5.92 Å². The maximum absolute atomic E-state index is 2.33. The van der Waals surface area contributed by atoms with Gasteiger partial charge in [-0.2, -0.15) is 0 Å². The van der Waals surface area contributed by atoms with E-state index < -0.39 is 0 Å². The molecule has 0 nitrogen and oxygen atoms in total. The molecule has 1 unspecified atom stereocenters. The second-order valence-electron chi connectivity index (χ2n) is 6.41. The quantitative estimate of drug-likeness (QED) is 0.269. The van der Waals surface area contributed by atoms with Crippen LogP contribution in [-0.2, 0) is 0 Å². The van der Waals surface area contributed by atoms with Crippen LogP contribution in [0.4, 0.5) is 0 Å². The van der Waals surface area contributed by atoms with Crippen molar-refractivity contribution in [3.8, 4) is 0 Å². The van der Waals surface area contributed by atoms with Crippen LogP contribution < -0.4 is 0 Å². The highest BCUT2D eigenvalue weighted by molar-refractivity contribution is 4.61. The Balaban J connectivity index is 3.55. The van der Waals surface area contributed by atoms with Crippen LogP contribution in [0.2, 0.25) is 0 Å². The van der Waals surface area contributed by atoms with Gasteiger partial charge in [-0.3, -0.25) is 0 Å². The van der Waals surface area contributed by atoms with Gasteiger partial charge in [-0.05, 0) is 5.92 Å². The Labute approximate surface area is 123 Å². The summed E-state index contributed by atoms with van der Waals surface area (Å²) < 4.78 is 0. The molecular formula is C19H40. The molecule has 0 aliphatic heterocycles. The number of hydrogen-bond acceptors (Lipinski definition) is 0. The molecule has 0 fully saturated rings. The third-order valence-corrected chi connectivity index (χ3v) is 4.40. The summed E-state index contributed by atoms with van der Waals surface area (Å²) in [4.78, 5) is 0. The van der Waals surface area contributed by atoms with Crippen LogP contribution in [0.25, 0.3) is 0 Å². The fourth-order valence-electron chi connectivity index (χ4n) is 3.00. The molecule has 0 heteroatoms. The Kier molecular flexibility index (Phi) is 16.1. The highest BCUT2D eigenvalue weighted by Crippen LogP contribution is 2.23. The molecule has 19 heavy (non-hydrogen) atoms. The maximum Gasteiger partial charge on any atom is -0.0414 e. The summed E-state index contributed by atoms with van der Waals surface area (Å²) in [7, 11) is 0. The largest absolute Gasteiger partial charge is 0.0654 e. The summed E-state index contributed by atoms with van der Waals surface area (Å²) in [6.07, 6.45) is 21.8. The molecular weight excluding hydrogens is 228 g/mol. The Hall–Kier alpha value is 0. The molecule has 0 aromatic rings. The minimum Gasteiger partial charge on any atom is -0.0654 e. The van der Waals surface area contributed by atoms with Crippen molar-refractivity contribution in [1.29, 1.82) is 0 Å². The predicted octanol–water partition coefficient (Wildman–Crippen LogP) is 7.51. The second kappa shape index (κ2) is 16.1. The van der Waals surface area contributed by atoms with Gasteiger partial charge < -0.3 is 0 Å². The molecule has 0 heterocycles. The van der Waals surface area contributed by atoms with Crippen molar-refractivity contribution in [3.05, 3.63) is 0 Å². The van der Waals surface area contributed by atoms with Crippen LogP contribution in [0.5, 0.6) is 0 Å². The molecule has 0 aliphatic carbocycles. The summed E-state index contributed by atoms with van der Waals surface area (Å²) in [5, 5.41) is 0. The molecule has 0 radical (unpaired) electrons. The van der Waals surface area contributed by atoms with Gasteiger partial charge in [-0.25, -0.2) is 0 Å². The average molecular weight is 269 g/mol. The van der Waals surface area contributed by atoms with Crippen molar-refractivity contribution in [2.45, 2.75) is 117 Å². The predicted molar refractivity (Wildman–Crippen MR) is 89.8 cm³/mol. The van der Waals surface area contributed by atoms with E-state index in [0.29, 0.717) is 0 Å². The van der Waals surface area contributed by atoms with E-state index in [4.69, 9.17) is 0 Å². The number of hydrogen-bond donors (Lipinski definition) is 0. The van der Waals surface area contributed by atoms with Crippen molar-refractivity contribution in [3.63, 3.8) is 0 Å². The van der Waals surface area contributed by atoms with Crippen LogP contribution in [-0.4, -0.2) is 0 Å². The van der Waals surface area contributed by atoms with Gasteiger partial charge in [0.2, 0.25) is 0 Å². The molecule has 0 aromatic carbocycles. The van der Waals surface area contributed by atoms with Crippen LogP contribution in [0.3, 0.4) is 0 Å². The lowest BCUT2D eigenvalue weighted by Gasteiger charge is -2.16. The summed E-state index contributed by atoms with van der Waals surface area (Å²) in [6.45, 7) is 6.95. The molecule has 0 saturated carbocycles. The van der Waals surface area contributed by atoms with Gasteiger partial charge in [0.05, 0.1) is 0 Å². The van der Waals surface area contributed by atoms with Gasteiger partial charge in [0.25, 0.3) is 0 Å². The van der Waals surface area contributed by atoms with E-state index in [2.05, 4.69) is 20.8 Å². The smallest absolute Gasteiger partial charge is 0.0414 e. The Morgan fingerprint density at radius 1 is 0.421 bits per heavy atom. The lowest BCUT2D eigenvalue weighted by atomic mass is 9.90. The fourth-order valence-corrected chi connectivity index (χ4v) is 3.00. The number of rotatable bonds is 15. The highest BCUT2D eigenvalue weighted by Gasteiger charge is 2.07. The van der Waals surface area contributed by atoms with E-state index in [9.17, 15) is 0 Å². The van der Waals surface area contributed by atoms with Gasteiger partial charge in [0, 0.05) is 0 Å². The van der Waals surface area contributed by atoms with E-state index in [-0.39, 0.29) is 0 Å². The maximum atomic E-state index is 2.33. The van der Waals surface area contributed by atoms with Crippen LogP contribution in [0.1, 0.15) is 117 Å². The summed E-state index contributed by atoms with van der Waals surface area (Å²) in [5.74, 6) is 1.04. The molecule has 0 rings (SSSR count). The minimum absolute atomic E-state index is 1.04. The zero-order valence-electron chi connectivity index (χ0n) is 14.2. The zero-order chi connectivity index (χ0) is 14.2. The third-order valence-electron chi connectivity index (χ3n) is 4.40. The zero-order valence-corrected chi connectivity index (χ0v) is 14.2. The fraction of sp³-hybridized carbons (Fsp3) is 1.00. The molecule has 0 bridgehead atoms. The van der Waals surface area contributed by atoms with Crippen LogP contribution in [0.15, 0.2) is 0 Å². The molecule has 0 aliphatic rings. The molecule has 116 valence electrons. The first-order chi connectivity index (χ1) is 9.35. The van der Waals surface area contributed by atoms with E-state index in [0.717, 1.165) is 5.92 Å². The summed E-state index contributed by atoms with van der Waals surface area (Å²) in [6, 6.07) is 0. The molecule has 0 aromatic heterocycles. The Morgan fingerprint density at radius 2 is 0.789 bits per heavy atom. The lowest BCUT2D eigenvalue weighted by Crippen LogP contribution is -2.01. The SMILES string of the molecule is CCCCCCCCC(CCCC)CCCCCC. The first-order valence-electron chi connectivity index (χ1n) is 9.35. The van der Waals surface area contributed by atoms with Gasteiger partial charge in [-0.1, -0.05) is 117 Å². The van der Waals surface area contributed by atoms with E-state index >= 15 is 0 Å². The second-order valence-corrected chi connectivity index (χ2v) is 6.41. The molecule has 0 saturated heterocycles. The first kappa shape index (κ1) is 19.0. The monoisotopic (exact) mass is 268 g/mol. The molecule has 0 N–H and O–H groups in total. The molecule has 1 atom stereocenters. The van der Waals surface area contributed by atoms with Crippen molar-refractivity contribution >= 4 is 0 Å². The molecule has 0 amide bonds.